The highest BCUT2D eigenvalue weighted by Crippen LogP contribution is 2.39. The molecule has 1 aliphatic carbocycles. The van der Waals surface area contributed by atoms with E-state index in [9.17, 15) is 9.59 Å². The molecule has 150 valence electrons. The maximum absolute atomic E-state index is 12.1. The normalized spacial score (nSPS) is 23.0. The first-order chi connectivity index (χ1) is 14.1. The van der Waals surface area contributed by atoms with E-state index in [0.717, 1.165) is 48.7 Å². The molecule has 0 spiro atoms. The van der Waals surface area contributed by atoms with Crippen molar-refractivity contribution in [2.45, 2.75) is 44.7 Å². The van der Waals surface area contributed by atoms with E-state index < -0.39 is 0 Å². The second-order valence-corrected chi connectivity index (χ2v) is 8.06. The molecule has 1 saturated carbocycles. The van der Waals surface area contributed by atoms with Crippen LogP contribution in [0, 0.1) is 0 Å². The van der Waals surface area contributed by atoms with Gasteiger partial charge in [-0.2, -0.15) is 0 Å². The number of carbonyl (C=O) groups is 2. The average Bonchev–Trinajstić information content (AvgIpc) is 3.56. The summed E-state index contributed by atoms with van der Waals surface area (Å²) in [5.74, 6) is 1.28. The van der Waals surface area contributed by atoms with E-state index in [-0.39, 0.29) is 11.8 Å². The van der Waals surface area contributed by atoms with Crippen LogP contribution in [0.1, 0.15) is 31.7 Å². The molecule has 3 aliphatic rings. The summed E-state index contributed by atoms with van der Waals surface area (Å²) in [6.07, 6.45) is 6.50. The van der Waals surface area contributed by atoms with Crippen molar-refractivity contribution in [3.05, 3.63) is 36.2 Å². The van der Waals surface area contributed by atoms with Gasteiger partial charge in [0.05, 0.1) is 30.2 Å². The number of hydrogen-bond acceptors (Lipinski definition) is 5. The van der Waals surface area contributed by atoms with Crippen molar-refractivity contribution < 1.29 is 9.59 Å². The maximum atomic E-state index is 12.1. The molecule has 2 aliphatic heterocycles. The first-order valence-corrected chi connectivity index (χ1v) is 10.3. The second kappa shape index (κ2) is 6.83. The lowest BCUT2D eigenvalue weighted by Gasteiger charge is -2.34. The smallest absolute Gasteiger partial charge is 0.227 e. The lowest BCUT2D eigenvalue weighted by molar-refractivity contribution is -0.131. The minimum absolute atomic E-state index is 0.159. The molecule has 0 bridgehead atoms. The minimum atomic E-state index is 0.159. The van der Waals surface area contributed by atoms with Gasteiger partial charge in [0.15, 0.2) is 0 Å². The number of benzene rings is 1. The standard InChI is InChI=1S/C22H25N5O2/c1-3-21(28)27-9-8-26(18-11-19(18)27)20-13-23-12-16(24-20)14-4-6-17-15(10-14)5-7-22(29)25(17)2/h4,6,10,12-13,18-19H,3,5,7-9,11H2,1-2H3/t18-,19+/m1/s1. The van der Waals surface area contributed by atoms with Crippen LogP contribution in [0.25, 0.3) is 11.3 Å². The summed E-state index contributed by atoms with van der Waals surface area (Å²) in [4.78, 5) is 39.4. The van der Waals surface area contributed by atoms with E-state index in [2.05, 4.69) is 16.0 Å². The predicted molar refractivity (Wildman–Crippen MR) is 111 cm³/mol. The number of nitrogens with zero attached hydrogens (tertiary/aromatic N) is 5. The summed E-state index contributed by atoms with van der Waals surface area (Å²) in [6, 6.07) is 6.82. The van der Waals surface area contributed by atoms with E-state index in [4.69, 9.17) is 4.98 Å². The highest BCUT2D eigenvalue weighted by Gasteiger charge is 2.50. The van der Waals surface area contributed by atoms with Crippen molar-refractivity contribution in [3.8, 4) is 11.3 Å². The average molecular weight is 391 g/mol. The van der Waals surface area contributed by atoms with Gasteiger partial charge >= 0.3 is 0 Å². The fourth-order valence-electron chi connectivity index (χ4n) is 4.63. The molecule has 1 aromatic carbocycles. The van der Waals surface area contributed by atoms with Crippen LogP contribution in [0.15, 0.2) is 30.6 Å². The monoisotopic (exact) mass is 391 g/mol. The van der Waals surface area contributed by atoms with Crippen molar-refractivity contribution in [2.24, 2.45) is 0 Å². The number of piperazine rings is 1. The molecule has 2 fully saturated rings. The Bertz CT molecular complexity index is 991. The van der Waals surface area contributed by atoms with Gasteiger partial charge in [-0.15, -0.1) is 0 Å². The first-order valence-electron chi connectivity index (χ1n) is 10.3. The van der Waals surface area contributed by atoms with Gasteiger partial charge in [-0.05, 0) is 30.5 Å². The lowest BCUT2D eigenvalue weighted by atomic mass is 9.98. The summed E-state index contributed by atoms with van der Waals surface area (Å²) >= 11 is 0. The predicted octanol–water partition coefficient (Wildman–Crippen LogP) is 2.25. The lowest BCUT2D eigenvalue weighted by Crippen LogP contribution is -2.49. The second-order valence-electron chi connectivity index (χ2n) is 8.06. The van der Waals surface area contributed by atoms with Gasteiger partial charge in [0.1, 0.15) is 5.82 Å². The number of amides is 2. The van der Waals surface area contributed by atoms with E-state index in [1.165, 1.54) is 5.56 Å². The van der Waals surface area contributed by atoms with Gasteiger partial charge in [0, 0.05) is 44.2 Å². The SMILES string of the molecule is CCC(=O)N1CCN(c2cncc(-c3ccc4c(c3)CCC(=O)N4C)n2)[C@@H]2C[C@@H]21. The Morgan fingerprint density at radius 1 is 1.17 bits per heavy atom. The van der Waals surface area contributed by atoms with Crippen LogP contribution in [0.3, 0.4) is 0 Å². The number of hydrogen-bond donors (Lipinski definition) is 0. The van der Waals surface area contributed by atoms with E-state index in [1.807, 2.05) is 37.2 Å². The minimum Gasteiger partial charge on any atom is -0.348 e. The zero-order valence-electron chi connectivity index (χ0n) is 16.8. The summed E-state index contributed by atoms with van der Waals surface area (Å²) in [5, 5.41) is 0. The molecule has 5 rings (SSSR count). The zero-order valence-corrected chi connectivity index (χ0v) is 16.8. The van der Waals surface area contributed by atoms with Gasteiger partial charge in [0.2, 0.25) is 11.8 Å². The van der Waals surface area contributed by atoms with Gasteiger partial charge in [0.25, 0.3) is 0 Å². The number of fused-ring (bicyclic) bond motifs is 2. The molecule has 0 N–H and O–H groups in total. The zero-order chi connectivity index (χ0) is 20.1. The molecule has 29 heavy (non-hydrogen) atoms. The van der Waals surface area contributed by atoms with Crippen LogP contribution in [-0.4, -0.2) is 58.9 Å². The number of carbonyl (C=O) groups excluding carboxylic acids is 2. The molecular weight excluding hydrogens is 366 g/mol. The molecule has 3 heterocycles. The van der Waals surface area contributed by atoms with Crippen molar-refractivity contribution in [1.82, 2.24) is 14.9 Å². The fourth-order valence-corrected chi connectivity index (χ4v) is 4.63. The molecule has 0 unspecified atom stereocenters. The van der Waals surface area contributed by atoms with Crippen LogP contribution < -0.4 is 9.80 Å². The molecule has 7 nitrogen and oxygen atoms in total. The number of rotatable bonds is 3. The highest BCUT2D eigenvalue weighted by atomic mass is 16.2. The molecule has 2 atom stereocenters. The Labute approximate surface area is 170 Å². The number of aromatic nitrogens is 2. The Hall–Kier alpha value is -2.96. The van der Waals surface area contributed by atoms with Crippen LogP contribution in [0.4, 0.5) is 11.5 Å². The third-order valence-electron chi connectivity index (χ3n) is 6.36. The third-order valence-corrected chi connectivity index (χ3v) is 6.36. The molecular formula is C22H25N5O2. The van der Waals surface area contributed by atoms with Crippen molar-refractivity contribution in [2.75, 3.05) is 29.9 Å². The van der Waals surface area contributed by atoms with E-state index in [1.54, 1.807) is 11.1 Å². The molecule has 2 amide bonds. The molecule has 7 heteroatoms. The number of anilines is 2. The van der Waals surface area contributed by atoms with Crippen LogP contribution >= 0.6 is 0 Å². The van der Waals surface area contributed by atoms with Crippen molar-refractivity contribution in [1.29, 1.82) is 0 Å². The summed E-state index contributed by atoms with van der Waals surface area (Å²) in [5.41, 5.74) is 4.01. The Balaban J connectivity index is 1.39. The third kappa shape index (κ3) is 3.05. The van der Waals surface area contributed by atoms with Crippen molar-refractivity contribution >= 4 is 23.3 Å². The van der Waals surface area contributed by atoms with Crippen LogP contribution in [0.5, 0.6) is 0 Å². The summed E-state index contributed by atoms with van der Waals surface area (Å²) < 4.78 is 0. The van der Waals surface area contributed by atoms with Gasteiger partial charge in [-0.1, -0.05) is 13.0 Å². The quantitative estimate of drug-likeness (QED) is 0.803. The topological polar surface area (TPSA) is 69.6 Å². The molecule has 1 saturated heterocycles. The van der Waals surface area contributed by atoms with E-state index in [0.29, 0.717) is 24.9 Å². The van der Waals surface area contributed by atoms with Gasteiger partial charge in [-0.3, -0.25) is 14.6 Å². The van der Waals surface area contributed by atoms with Gasteiger partial charge in [-0.25, -0.2) is 4.98 Å². The van der Waals surface area contributed by atoms with Gasteiger partial charge < -0.3 is 14.7 Å². The molecule has 2 aromatic rings. The summed E-state index contributed by atoms with van der Waals surface area (Å²) in [7, 11) is 1.83. The first kappa shape index (κ1) is 18.1. The van der Waals surface area contributed by atoms with E-state index >= 15 is 0 Å². The van der Waals surface area contributed by atoms with Crippen molar-refractivity contribution in [3.63, 3.8) is 0 Å². The largest absolute Gasteiger partial charge is 0.348 e. The Morgan fingerprint density at radius 2 is 2.03 bits per heavy atom. The van der Waals surface area contributed by atoms with Crippen LogP contribution in [-0.2, 0) is 16.0 Å². The summed E-state index contributed by atoms with van der Waals surface area (Å²) in [6.45, 7) is 3.47. The highest BCUT2D eigenvalue weighted by molar-refractivity contribution is 5.96. The fraction of sp³-hybridized carbons (Fsp3) is 0.455. The molecule has 0 radical (unpaired) electrons. The maximum Gasteiger partial charge on any atom is 0.227 e. The Kier molecular flexibility index (Phi) is 4.26. The Morgan fingerprint density at radius 3 is 2.86 bits per heavy atom. The van der Waals surface area contributed by atoms with Crippen LogP contribution in [0.2, 0.25) is 0 Å². The molecule has 1 aromatic heterocycles. The number of aryl methyl sites for hydroxylation is 1.